The molecule has 0 spiro atoms. The van der Waals surface area contributed by atoms with Gasteiger partial charge in [-0.05, 0) is 17.7 Å². The number of nitrogens with zero attached hydrogens (tertiary/aromatic N) is 2. The first-order chi connectivity index (χ1) is 8.13. The first-order valence-electron chi connectivity index (χ1n) is 5.20. The maximum atomic E-state index is 6.23. The summed E-state index contributed by atoms with van der Waals surface area (Å²) in [5.41, 5.74) is 8.13. The molecule has 2 rings (SSSR count). The molecule has 2 N–H and O–H groups in total. The molecule has 2 aromatic rings. The van der Waals surface area contributed by atoms with Crippen LogP contribution in [-0.2, 0) is 7.05 Å². The van der Waals surface area contributed by atoms with E-state index in [9.17, 15) is 0 Å². The monoisotopic (exact) mass is 295 g/mol. The van der Waals surface area contributed by atoms with Gasteiger partial charge in [-0.2, -0.15) is 5.10 Å². The second-order valence-electron chi connectivity index (χ2n) is 3.75. The van der Waals surface area contributed by atoms with E-state index in [1.165, 1.54) is 0 Å². The zero-order chi connectivity index (χ0) is 12.4. The molecule has 0 saturated heterocycles. The fraction of sp³-hybridized carbons (Fsp3) is 0.250. The molecule has 4 nitrogen and oxygen atoms in total. The third kappa shape index (κ3) is 2.35. The second-order valence-corrected chi connectivity index (χ2v) is 4.67. The minimum Gasteiger partial charge on any atom is -0.493 e. The van der Waals surface area contributed by atoms with Crippen molar-refractivity contribution in [3.8, 4) is 5.75 Å². The van der Waals surface area contributed by atoms with Gasteiger partial charge in [0.1, 0.15) is 5.69 Å². The van der Waals surface area contributed by atoms with Crippen LogP contribution in [-0.4, -0.2) is 16.9 Å². The van der Waals surface area contributed by atoms with Gasteiger partial charge < -0.3 is 10.5 Å². The molecule has 0 aliphatic heterocycles. The third-order valence-electron chi connectivity index (χ3n) is 2.69. The fourth-order valence-electron chi connectivity index (χ4n) is 1.77. The van der Waals surface area contributed by atoms with Crippen LogP contribution in [0.2, 0.25) is 0 Å². The highest BCUT2D eigenvalue weighted by Crippen LogP contribution is 2.28. The lowest BCUT2D eigenvalue weighted by molar-refractivity contribution is 0.406. The van der Waals surface area contributed by atoms with Gasteiger partial charge in [0.2, 0.25) is 0 Å². The standard InChI is InChI=1S/C12H14BrN3O/c1-16-12(10(17-2)7-15-16)11(14)8-3-5-9(13)6-4-8/h3-7,11H,14H2,1-2H3. The Bertz CT molecular complexity index is 507. The van der Waals surface area contributed by atoms with Crippen LogP contribution < -0.4 is 10.5 Å². The number of methoxy groups -OCH3 is 1. The predicted molar refractivity (Wildman–Crippen MR) is 69.9 cm³/mol. The molecule has 0 amide bonds. The summed E-state index contributed by atoms with van der Waals surface area (Å²) in [6.45, 7) is 0. The summed E-state index contributed by atoms with van der Waals surface area (Å²) in [7, 11) is 3.48. The minimum absolute atomic E-state index is 0.245. The maximum Gasteiger partial charge on any atom is 0.161 e. The number of benzene rings is 1. The Hall–Kier alpha value is -1.33. The third-order valence-corrected chi connectivity index (χ3v) is 3.22. The zero-order valence-electron chi connectivity index (χ0n) is 9.72. The van der Waals surface area contributed by atoms with Crippen molar-refractivity contribution in [3.05, 3.63) is 46.2 Å². The van der Waals surface area contributed by atoms with Gasteiger partial charge in [-0.1, -0.05) is 28.1 Å². The van der Waals surface area contributed by atoms with Crippen LogP contribution in [0.5, 0.6) is 5.75 Å². The second kappa shape index (κ2) is 4.89. The Labute approximate surface area is 109 Å². The number of aromatic nitrogens is 2. The molecule has 17 heavy (non-hydrogen) atoms. The highest BCUT2D eigenvalue weighted by molar-refractivity contribution is 9.10. The Morgan fingerprint density at radius 3 is 2.59 bits per heavy atom. The average Bonchev–Trinajstić information content (AvgIpc) is 2.70. The molecule has 0 fully saturated rings. The molecule has 1 heterocycles. The van der Waals surface area contributed by atoms with Crippen LogP contribution in [0.25, 0.3) is 0 Å². The van der Waals surface area contributed by atoms with Crippen molar-refractivity contribution in [3.63, 3.8) is 0 Å². The van der Waals surface area contributed by atoms with Crippen molar-refractivity contribution >= 4 is 15.9 Å². The zero-order valence-corrected chi connectivity index (χ0v) is 11.3. The molecule has 0 aliphatic rings. The van der Waals surface area contributed by atoms with Crippen molar-refractivity contribution in [1.82, 2.24) is 9.78 Å². The lowest BCUT2D eigenvalue weighted by atomic mass is 10.0. The Balaban J connectivity index is 2.39. The molecule has 1 aromatic carbocycles. The van der Waals surface area contributed by atoms with E-state index in [4.69, 9.17) is 10.5 Å². The molecule has 1 unspecified atom stereocenters. The molecule has 0 bridgehead atoms. The fourth-order valence-corrected chi connectivity index (χ4v) is 2.03. The van der Waals surface area contributed by atoms with E-state index in [1.54, 1.807) is 18.0 Å². The lowest BCUT2D eigenvalue weighted by Gasteiger charge is -2.14. The van der Waals surface area contributed by atoms with Gasteiger partial charge in [0.25, 0.3) is 0 Å². The average molecular weight is 296 g/mol. The van der Waals surface area contributed by atoms with Gasteiger partial charge in [-0.25, -0.2) is 0 Å². The molecule has 0 radical (unpaired) electrons. The van der Waals surface area contributed by atoms with Crippen LogP contribution in [0.15, 0.2) is 34.9 Å². The van der Waals surface area contributed by atoms with E-state index in [0.717, 1.165) is 15.7 Å². The van der Waals surface area contributed by atoms with Crippen LogP contribution >= 0.6 is 15.9 Å². The van der Waals surface area contributed by atoms with Gasteiger partial charge in [-0.3, -0.25) is 4.68 Å². The first-order valence-corrected chi connectivity index (χ1v) is 5.99. The van der Waals surface area contributed by atoms with Gasteiger partial charge in [0.05, 0.1) is 19.3 Å². The highest BCUT2D eigenvalue weighted by Gasteiger charge is 2.18. The van der Waals surface area contributed by atoms with Crippen LogP contribution in [0.3, 0.4) is 0 Å². The SMILES string of the molecule is COc1cnn(C)c1C(N)c1ccc(Br)cc1. The quantitative estimate of drug-likeness (QED) is 0.945. The first kappa shape index (κ1) is 12.1. The molecule has 90 valence electrons. The topological polar surface area (TPSA) is 53.1 Å². The summed E-state index contributed by atoms with van der Waals surface area (Å²) in [5, 5.41) is 4.15. The van der Waals surface area contributed by atoms with Gasteiger partial charge in [0, 0.05) is 11.5 Å². The van der Waals surface area contributed by atoms with Crippen molar-refractivity contribution in [2.75, 3.05) is 7.11 Å². The Morgan fingerprint density at radius 1 is 1.35 bits per heavy atom. The molecule has 5 heteroatoms. The van der Waals surface area contributed by atoms with E-state index >= 15 is 0 Å². The summed E-state index contributed by atoms with van der Waals surface area (Å²) in [6, 6.07) is 7.67. The smallest absolute Gasteiger partial charge is 0.161 e. The predicted octanol–water partition coefficient (Wildman–Crippen LogP) is 2.24. The number of rotatable bonds is 3. The van der Waals surface area contributed by atoms with E-state index < -0.39 is 0 Å². The van der Waals surface area contributed by atoms with E-state index in [-0.39, 0.29) is 6.04 Å². The van der Waals surface area contributed by atoms with E-state index in [0.29, 0.717) is 5.75 Å². The van der Waals surface area contributed by atoms with Crippen molar-refractivity contribution in [2.45, 2.75) is 6.04 Å². The van der Waals surface area contributed by atoms with E-state index in [2.05, 4.69) is 21.0 Å². The van der Waals surface area contributed by atoms with Gasteiger partial charge in [0.15, 0.2) is 5.75 Å². The number of ether oxygens (including phenoxy) is 1. The summed E-state index contributed by atoms with van der Waals surface area (Å²) in [4.78, 5) is 0. The number of aryl methyl sites for hydroxylation is 1. The van der Waals surface area contributed by atoms with Crippen molar-refractivity contribution in [2.24, 2.45) is 12.8 Å². The van der Waals surface area contributed by atoms with Crippen LogP contribution in [0.4, 0.5) is 0 Å². The summed E-state index contributed by atoms with van der Waals surface area (Å²) < 4.78 is 8.03. The molecule has 0 aliphatic carbocycles. The summed E-state index contributed by atoms with van der Waals surface area (Å²) in [6.07, 6.45) is 1.67. The van der Waals surface area contributed by atoms with Crippen molar-refractivity contribution in [1.29, 1.82) is 0 Å². The normalized spacial score (nSPS) is 12.5. The largest absolute Gasteiger partial charge is 0.493 e. The lowest BCUT2D eigenvalue weighted by Crippen LogP contribution is -2.16. The number of hydrogen-bond acceptors (Lipinski definition) is 3. The van der Waals surface area contributed by atoms with E-state index in [1.807, 2.05) is 31.3 Å². The molecular weight excluding hydrogens is 282 g/mol. The highest BCUT2D eigenvalue weighted by atomic mass is 79.9. The van der Waals surface area contributed by atoms with Gasteiger partial charge in [-0.15, -0.1) is 0 Å². The molecular formula is C12H14BrN3O. The number of nitrogens with two attached hydrogens (primary N) is 1. The molecule has 1 aromatic heterocycles. The Morgan fingerprint density at radius 2 is 2.00 bits per heavy atom. The summed E-state index contributed by atoms with van der Waals surface area (Å²) >= 11 is 3.40. The van der Waals surface area contributed by atoms with Crippen LogP contribution in [0, 0.1) is 0 Å². The minimum atomic E-state index is -0.245. The molecule has 0 saturated carbocycles. The van der Waals surface area contributed by atoms with Crippen molar-refractivity contribution < 1.29 is 4.74 Å². The number of hydrogen-bond donors (Lipinski definition) is 1. The Kier molecular flexibility index (Phi) is 3.49. The van der Waals surface area contributed by atoms with Crippen LogP contribution in [0.1, 0.15) is 17.3 Å². The maximum absolute atomic E-state index is 6.23. The number of halogens is 1. The van der Waals surface area contributed by atoms with Gasteiger partial charge >= 0.3 is 0 Å². The molecule has 1 atom stereocenters. The summed E-state index contributed by atoms with van der Waals surface area (Å²) in [5.74, 6) is 0.711.